The van der Waals surface area contributed by atoms with E-state index in [1.807, 2.05) is 69.3 Å². The summed E-state index contributed by atoms with van der Waals surface area (Å²) in [7, 11) is 0. The predicted octanol–water partition coefficient (Wildman–Crippen LogP) is 6.36. The number of rotatable bonds is 5. The first-order chi connectivity index (χ1) is 25.2. The summed E-state index contributed by atoms with van der Waals surface area (Å²) in [5, 5.41) is 50.3. The fraction of sp³-hybridized carbons (Fsp3) is 0.565. The van der Waals surface area contributed by atoms with Crippen LogP contribution in [-0.2, 0) is 19.2 Å². The standard InChI is InChI=1S/C46H52O8/c1-23-20-45(53,38(49)24(2)39(50)51)28-16-14-26-19-27-21-44(52)29(15-13-25-11-9-8-10-12-25)36-40(3,4)31(48)17-18-41(36,5)34-30(47)22-42(6)33(23)35(32(26)28)46(27,54)43(42,7)37(34)44/h8-13,15-16,21,23-24,29,33,35-36,52-54H,14,17-20,22H2,1-7H3,(H,50,51)/t23-,24+,29+,33-,35+,36-,41+,42-,43-,44+,45+,46-/m0/s1. The van der Waals surface area contributed by atoms with Crippen molar-refractivity contribution in [2.24, 2.45) is 57.2 Å². The summed E-state index contributed by atoms with van der Waals surface area (Å²) in [6, 6.07) is 9.87. The lowest BCUT2D eigenvalue weighted by molar-refractivity contribution is -0.164. The summed E-state index contributed by atoms with van der Waals surface area (Å²) >= 11 is 0. The first-order valence-corrected chi connectivity index (χ1v) is 19.8. The highest BCUT2D eigenvalue weighted by Crippen LogP contribution is 2.83. The number of Topliss-reactive ketones (excluding diaryl/α,β-unsaturated/α-hetero) is 3. The molecule has 54 heavy (non-hydrogen) atoms. The fourth-order valence-corrected chi connectivity index (χ4v) is 14.7. The van der Waals surface area contributed by atoms with E-state index in [-0.39, 0.29) is 24.4 Å². The van der Waals surface area contributed by atoms with E-state index in [1.54, 1.807) is 0 Å². The van der Waals surface area contributed by atoms with Crippen LogP contribution in [0.25, 0.3) is 6.08 Å². The number of carboxylic acids is 1. The number of hydrogen-bond acceptors (Lipinski definition) is 7. The van der Waals surface area contributed by atoms with Gasteiger partial charge in [0.2, 0.25) is 0 Å². The zero-order chi connectivity index (χ0) is 38.9. The average Bonchev–Trinajstić information content (AvgIpc) is 3.56. The van der Waals surface area contributed by atoms with E-state index < -0.39 is 85.7 Å². The number of carbonyl (C=O) groups excluding carboxylic acids is 3. The Bertz CT molecular complexity index is 2150. The lowest BCUT2D eigenvalue weighted by Crippen LogP contribution is -2.71. The van der Waals surface area contributed by atoms with Crippen molar-refractivity contribution in [2.75, 3.05) is 0 Å². The third-order valence-corrected chi connectivity index (χ3v) is 16.9. The molecule has 9 rings (SSSR count). The Kier molecular flexibility index (Phi) is 7.03. The van der Waals surface area contributed by atoms with Gasteiger partial charge in [-0.1, -0.05) is 95.7 Å². The van der Waals surface area contributed by atoms with Crippen molar-refractivity contribution in [3.63, 3.8) is 0 Å². The molecule has 8 aliphatic carbocycles. The van der Waals surface area contributed by atoms with E-state index in [0.717, 1.165) is 16.7 Å². The molecular formula is C46H52O8. The van der Waals surface area contributed by atoms with Crippen molar-refractivity contribution in [3.8, 4) is 0 Å². The molecule has 1 aromatic carbocycles. The van der Waals surface area contributed by atoms with Crippen molar-refractivity contribution in [1.82, 2.24) is 0 Å². The molecule has 0 spiro atoms. The number of fused-ring (bicyclic) bond motifs is 3. The van der Waals surface area contributed by atoms with Gasteiger partial charge in [0.25, 0.3) is 0 Å². The summed E-state index contributed by atoms with van der Waals surface area (Å²) < 4.78 is 0. The van der Waals surface area contributed by atoms with Crippen LogP contribution in [0.3, 0.4) is 0 Å². The van der Waals surface area contributed by atoms with Gasteiger partial charge >= 0.3 is 5.97 Å². The smallest absolute Gasteiger partial charge is 0.313 e. The Balaban J connectivity index is 1.35. The molecule has 12 atom stereocenters. The van der Waals surface area contributed by atoms with Gasteiger partial charge < -0.3 is 20.4 Å². The van der Waals surface area contributed by atoms with Gasteiger partial charge in [-0.3, -0.25) is 19.2 Å². The van der Waals surface area contributed by atoms with E-state index in [1.165, 1.54) is 6.92 Å². The second kappa shape index (κ2) is 10.6. The van der Waals surface area contributed by atoms with Crippen LogP contribution in [0.4, 0.5) is 0 Å². The summed E-state index contributed by atoms with van der Waals surface area (Å²) in [6.45, 7) is 13.4. The van der Waals surface area contributed by atoms with E-state index >= 15 is 4.79 Å². The second-order valence-corrected chi connectivity index (χ2v) is 19.5. The number of hydrogen-bond donors (Lipinski definition) is 4. The number of benzene rings is 1. The lowest BCUT2D eigenvalue weighted by atomic mass is 9.35. The Morgan fingerprint density at radius 3 is 2.35 bits per heavy atom. The van der Waals surface area contributed by atoms with Gasteiger partial charge in [0, 0.05) is 46.5 Å². The van der Waals surface area contributed by atoms with Crippen molar-refractivity contribution in [2.45, 2.75) is 104 Å². The minimum Gasteiger partial charge on any atom is -0.481 e. The van der Waals surface area contributed by atoms with E-state index in [9.17, 15) is 34.8 Å². The van der Waals surface area contributed by atoms with Crippen LogP contribution in [0, 0.1) is 57.2 Å². The van der Waals surface area contributed by atoms with E-state index in [4.69, 9.17) is 0 Å². The zero-order valence-corrected chi connectivity index (χ0v) is 32.3. The molecule has 8 nitrogen and oxygen atoms in total. The van der Waals surface area contributed by atoms with Gasteiger partial charge in [0.1, 0.15) is 28.5 Å². The molecule has 0 aliphatic heterocycles. The number of aliphatic hydroxyl groups is 3. The van der Waals surface area contributed by atoms with Crippen molar-refractivity contribution in [1.29, 1.82) is 0 Å². The summed E-state index contributed by atoms with van der Waals surface area (Å²) in [5.74, 6) is -5.93. The molecule has 0 heterocycles. The first-order valence-electron chi connectivity index (χ1n) is 19.8. The maximum absolute atomic E-state index is 15.3. The number of allylic oxidation sites excluding steroid dienone is 3. The molecule has 4 N–H and O–H groups in total. The Hall–Kier alpha value is -3.72. The van der Waals surface area contributed by atoms with Crippen LogP contribution < -0.4 is 0 Å². The number of carboxylic acid groups (broad SMARTS) is 1. The molecule has 0 unspecified atom stereocenters. The largest absolute Gasteiger partial charge is 0.481 e. The Labute approximate surface area is 316 Å². The number of ketones is 3. The highest BCUT2D eigenvalue weighted by Gasteiger charge is 2.84. The van der Waals surface area contributed by atoms with Crippen molar-refractivity contribution in [3.05, 3.63) is 87.6 Å². The molecule has 0 radical (unpaired) electrons. The molecule has 0 saturated heterocycles. The fourth-order valence-electron chi connectivity index (χ4n) is 14.7. The molecule has 0 amide bonds. The van der Waals surface area contributed by atoms with Crippen LogP contribution >= 0.6 is 0 Å². The maximum Gasteiger partial charge on any atom is 0.313 e. The lowest BCUT2D eigenvalue weighted by Gasteiger charge is -2.69. The van der Waals surface area contributed by atoms with Crippen LogP contribution in [0.1, 0.15) is 92.6 Å². The normalized spacial score (nSPS) is 45.8. The number of aliphatic carboxylic acids is 1. The monoisotopic (exact) mass is 732 g/mol. The van der Waals surface area contributed by atoms with Crippen LogP contribution in [0.5, 0.6) is 0 Å². The Morgan fingerprint density at radius 2 is 1.69 bits per heavy atom. The molecule has 8 heteroatoms. The van der Waals surface area contributed by atoms with Gasteiger partial charge in [-0.25, -0.2) is 0 Å². The minimum absolute atomic E-state index is 0.0447. The summed E-state index contributed by atoms with van der Waals surface area (Å²) in [6.07, 6.45) is 9.31. The van der Waals surface area contributed by atoms with Crippen molar-refractivity contribution >= 4 is 29.4 Å². The van der Waals surface area contributed by atoms with Gasteiger partial charge in [-0.05, 0) is 89.7 Å². The average molecular weight is 733 g/mol. The molecule has 284 valence electrons. The third-order valence-electron chi connectivity index (χ3n) is 16.9. The molecule has 8 aliphatic rings. The quantitative estimate of drug-likeness (QED) is 0.202. The zero-order valence-electron chi connectivity index (χ0n) is 32.3. The highest BCUT2D eigenvalue weighted by molar-refractivity contribution is 6.05. The van der Waals surface area contributed by atoms with E-state index in [0.29, 0.717) is 48.0 Å². The van der Waals surface area contributed by atoms with Crippen molar-refractivity contribution < 1.29 is 39.6 Å². The molecule has 0 bridgehead atoms. The predicted molar refractivity (Wildman–Crippen MR) is 201 cm³/mol. The van der Waals surface area contributed by atoms with Gasteiger partial charge in [0.15, 0.2) is 11.6 Å². The third kappa shape index (κ3) is 3.77. The summed E-state index contributed by atoms with van der Waals surface area (Å²) in [5.41, 5.74) is -4.23. The van der Waals surface area contributed by atoms with Gasteiger partial charge in [-0.2, -0.15) is 0 Å². The van der Waals surface area contributed by atoms with Crippen LogP contribution in [0.2, 0.25) is 0 Å². The molecular weight excluding hydrogens is 680 g/mol. The van der Waals surface area contributed by atoms with Gasteiger partial charge in [-0.15, -0.1) is 0 Å². The SMILES string of the molecule is C[C@@H](C(=O)O)C(=O)[C@@]1(O)C[C@H](C)[C@H]2[C@H]3C4=C(CC=C41)CC1=C[C@]4(O)C5=C(C(=O)C[C@]2(C)[C@@]5(C)[C@]13O)[C@@]1(C)CCC(=O)C(C)(C)[C@@H]1[C@H]4C=Cc1ccccc1. The molecule has 3 saturated carbocycles. The topological polar surface area (TPSA) is 149 Å². The van der Waals surface area contributed by atoms with Crippen LogP contribution in [-0.4, -0.2) is 60.5 Å². The summed E-state index contributed by atoms with van der Waals surface area (Å²) in [4.78, 5) is 55.4. The second-order valence-electron chi connectivity index (χ2n) is 19.5. The molecule has 0 aromatic heterocycles. The number of carbonyl (C=O) groups is 4. The minimum atomic E-state index is -2.07. The maximum atomic E-state index is 15.3. The molecule has 1 aromatic rings. The highest BCUT2D eigenvalue weighted by atomic mass is 16.4. The Morgan fingerprint density at radius 1 is 1.00 bits per heavy atom. The first kappa shape index (κ1) is 35.9. The van der Waals surface area contributed by atoms with Gasteiger partial charge in [0.05, 0.1) is 0 Å². The molecule has 3 fully saturated rings. The van der Waals surface area contributed by atoms with E-state index in [2.05, 4.69) is 26.8 Å². The van der Waals surface area contributed by atoms with Crippen LogP contribution in [0.15, 0.2) is 82.0 Å².